The largest absolute Gasteiger partial charge is 0.354 e. The molecule has 0 saturated heterocycles. The van der Waals surface area contributed by atoms with Crippen LogP contribution >= 0.6 is 15.9 Å². The normalized spacial score (nSPS) is 13.8. The van der Waals surface area contributed by atoms with E-state index in [1.54, 1.807) is 12.4 Å². The van der Waals surface area contributed by atoms with E-state index in [9.17, 15) is 4.79 Å². The van der Waals surface area contributed by atoms with Crippen LogP contribution in [0.5, 0.6) is 0 Å². The fourth-order valence-electron chi connectivity index (χ4n) is 1.86. The van der Waals surface area contributed by atoms with Gasteiger partial charge in [-0.3, -0.25) is 9.78 Å². The maximum Gasteiger partial charge on any atom is 0.253 e. The van der Waals surface area contributed by atoms with E-state index in [0.717, 1.165) is 28.7 Å². The van der Waals surface area contributed by atoms with Gasteiger partial charge in [-0.05, 0) is 37.1 Å². The van der Waals surface area contributed by atoms with Gasteiger partial charge in [0.25, 0.3) is 5.91 Å². The molecule has 5 heteroatoms. The third kappa shape index (κ3) is 3.36. The average molecular weight is 332 g/mol. The van der Waals surface area contributed by atoms with E-state index in [-0.39, 0.29) is 5.91 Å². The minimum Gasteiger partial charge on any atom is -0.354 e. The quantitative estimate of drug-likeness (QED) is 0.901. The number of hydrogen-bond donors (Lipinski definition) is 2. The van der Waals surface area contributed by atoms with Gasteiger partial charge in [0.15, 0.2) is 0 Å². The van der Waals surface area contributed by atoms with Gasteiger partial charge in [-0.2, -0.15) is 0 Å². The van der Waals surface area contributed by atoms with Gasteiger partial charge < -0.3 is 10.6 Å². The second kappa shape index (κ2) is 5.63. The number of anilines is 2. The van der Waals surface area contributed by atoms with Gasteiger partial charge in [0.05, 0.1) is 17.4 Å². The number of halogens is 1. The van der Waals surface area contributed by atoms with Gasteiger partial charge in [-0.25, -0.2) is 0 Å². The van der Waals surface area contributed by atoms with Crippen LogP contribution in [0.25, 0.3) is 0 Å². The smallest absolute Gasteiger partial charge is 0.253 e. The summed E-state index contributed by atoms with van der Waals surface area (Å²) in [4.78, 5) is 16.1. The summed E-state index contributed by atoms with van der Waals surface area (Å²) in [6, 6.07) is 10.0. The summed E-state index contributed by atoms with van der Waals surface area (Å²) >= 11 is 3.43. The summed E-state index contributed by atoms with van der Waals surface area (Å²) in [5.74, 6) is -0.0575. The summed E-state index contributed by atoms with van der Waals surface area (Å²) in [5, 5.41) is 6.19. The lowest BCUT2D eigenvalue weighted by atomic mass is 10.2. The monoisotopic (exact) mass is 331 g/mol. The number of benzene rings is 1. The number of amides is 1. The molecule has 0 bridgehead atoms. The molecule has 0 atom stereocenters. The van der Waals surface area contributed by atoms with Gasteiger partial charge in [-0.1, -0.05) is 22.0 Å². The summed E-state index contributed by atoms with van der Waals surface area (Å²) in [6.07, 6.45) is 5.45. The van der Waals surface area contributed by atoms with Gasteiger partial charge >= 0.3 is 0 Å². The van der Waals surface area contributed by atoms with E-state index >= 15 is 0 Å². The topological polar surface area (TPSA) is 54.0 Å². The molecule has 2 N–H and O–H groups in total. The predicted molar refractivity (Wildman–Crippen MR) is 82.1 cm³/mol. The van der Waals surface area contributed by atoms with Crippen molar-refractivity contribution in [3.05, 3.63) is 52.8 Å². The zero-order chi connectivity index (χ0) is 13.9. The van der Waals surface area contributed by atoms with Crippen LogP contribution in [0.4, 0.5) is 11.4 Å². The highest BCUT2D eigenvalue weighted by Crippen LogP contribution is 2.22. The van der Waals surface area contributed by atoms with Gasteiger partial charge in [-0.15, -0.1) is 0 Å². The Morgan fingerprint density at radius 2 is 2.05 bits per heavy atom. The van der Waals surface area contributed by atoms with Crippen molar-refractivity contribution >= 4 is 33.2 Å². The summed E-state index contributed by atoms with van der Waals surface area (Å²) in [5.41, 5.74) is 2.32. The molecule has 20 heavy (non-hydrogen) atoms. The van der Waals surface area contributed by atoms with Gasteiger partial charge in [0.2, 0.25) is 0 Å². The lowest BCUT2D eigenvalue weighted by Gasteiger charge is -2.08. The van der Waals surface area contributed by atoms with E-state index in [0.29, 0.717) is 11.6 Å². The summed E-state index contributed by atoms with van der Waals surface area (Å²) in [7, 11) is 0. The molecule has 1 saturated carbocycles. The minimum absolute atomic E-state index is 0.0575. The fraction of sp³-hybridized carbons (Fsp3) is 0.200. The summed E-state index contributed by atoms with van der Waals surface area (Å²) in [6.45, 7) is 0. The number of carbonyl (C=O) groups is 1. The van der Waals surface area contributed by atoms with Crippen molar-refractivity contribution in [2.75, 3.05) is 5.32 Å². The van der Waals surface area contributed by atoms with E-state index in [1.165, 1.54) is 0 Å². The number of aromatic nitrogens is 1. The SMILES string of the molecule is O=C(NC1CC1)c1cncc(Nc2cccc(Br)c2)c1. The number of pyridine rings is 1. The highest BCUT2D eigenvalue weighted by Gasteiger charge is 2.23. The first kappa shape index (κ1) is 13.1. The summed E-state index contributed by atoms with van der Waals surface area (Å²) < 4.78 is 0.998. The number of rotatable bonds is 4. The molecule has 4 nitrogen and oxygen atoms in total. The lowest BCUT2D eigenvalue weighted by Crippen LogP contribution is -2.25. The van der Waals surface area contributed by atoms with Gasteiger partial charge in [0, 0.05) is 22.4 Å². The zero-order valence-electron chi connectivity index (χ0n) is 10.8. The fourth-order valence-corrected chi connectivity index (χ4v) is 2.26. The van der Waals surface area contributed by atoms with Crippen LogP contribution in [0.1, 0.15) is 23.2 Å². The molecule has 0 unspecified atom stereocenters. The van der Waals surface area contributed by atoms with E-state index in [4.69, 9.17) is 0 Å². The van der Waals surface area contributed by atoms with Crippen molar-refractivity contribution in [1.29, 1.82) is 0 Å². The number of nitrogens with zero attached hydrogens (tertiary/aromatic N) is 1. The second-order valence-corrected chi connectivity index (χ2v) is 5.76. The van der Waals surface area contributed by atoms with Crippen LogP contribution in [0, 0.1) is 0 Å². The molecular formula is C15H14BrN3O. The molecule has 1 aromatic carbocycles. The first-order chi connectivity index (χ1) is 9.70. The first-order valence-electron chi connectivity index (χ1n) is 6.49. The molecular weight excluding hydrogens is 318 g/mol. The molecule has 1 fully saturated rings. The second-order valence-electron chi connectivity index (χ2n) is 4.85. The van der Waals surface area contributed by atoms with Crippen LogP contribution in [0.15, 0.2) is 47.2 Å². The molecule has 102 valence electrons. The van der Waals surface area contributed by atoms with E-state index < -0.39 is 0 Å². The zero-order valence-corrected chi connectivity index (χ0v) is 12.4. The van der Waals surface area contributed by atoms with Crippen LogP contribution in [0.2, 0.25) is 0 Å². The van der Waals surface area contributed by atoms with Crippen LogP contribution in [-0.4, -0.2) is 16.9 Å². The molecule has 1 aliphatic rings. The Bertz CT molecular complexity index is 641. The average Bonchev–Trinajstić information content (AvgIpc) is 3.23. The molecule has 3 rings (SSSR count). The highest BCUT2D eigenvalue weighted by molar-refractivity contribution is 9.10. The molecule has 2 aromatic rings. The Morgan fingerprint density at radius 3 is 2.80 bits per heavy atom. The van der Waals surface area contributed by atoms with Crippen molar-refractivity contribution < 1.29 is 4.79 Å². The number of carbonyl (C=O) groups excluding carboxylic acids is 1. The Kier molecular flexibility index (Phi) is 3.69. The van der Waals surface area contributed by atoms with Crippen LogP contribution < -0.4 is 10.6 Å². The maximum absolute atomic E-state index is 12.0. The molecule has 0 radical (unpaired) electrons. The van der Waals surface area contributed by atoms with Gasteiger partial charge in [0.1, 0.15) is 0 Å². The highest BCUT2D eigenvalue weighted by atomic mass is 79.9. The lowest BCUT2D eigenvalue weighted by molar-refractivity contribution is 0.0951. The first-order valence-corrected chi connectivity index (χ1v) is 7.28. The van der Waals surface area contributed by atoms with Crippen LogP contribution in [-0.2, 0) is 0 Å². The third-order valence-electron chi connectivity index (χ3n) is 3.03. The molecule has 1 amide bonds. The predicted octanol–water partition coefficient (Wildman–Crippen LogP) is 3.48. The van der Waals surface area contributed by atoms with Crippen molar-refractivity contribution in [3.63, 3.8) is 0 Å². The van der Waals surface area contributed by atoms with E-state index in [2.05, 4.69) is 31.5 Å². The van der Waals surface area contributed by atoms with E-state index in [1.807, 2.05) is 30.3 Å². The number of hydrogen-bond acceptors (Lipinski definition) is 3. The maximum atomic E-state index is 12.0. The third-order valence-corrected chi connectivity index (χ3v) is 3.52. The Labute approximate surface area is 125 Å². The minimum atomic E-state index is -0.0575. The van der Waals surface area contributed by atoms with Crippen molar-refractivity contribution in [2.45, 2.75) is 18.9 Å². The molecule has 0 spiro atoms. The Morgan fingerprint density at radius 1 is 1.20 bits per heavy atom. The van der Waals surface area contributed by atoms with Crippen LogP contribution in [0.3, 0.4) is 0 Å². The molecule has 0 aliphatic heterocycles. The molecule has 1 heterocycles. The number of nitrogens with one attached hydrogen (secondary N) is 2. The van der Waals surface area contributed by atoms with Crippen molar-refractivity contribution in [2.24, 2.45) is 0 Å². The standard InChI is InChI=1S/C15H14BrN3O/c16-11-2-1-3-13(7-11)18-14-6-10(8-17-9-14)15(20)19-12-4-5-12/h1-3,6-9,12,18H,4-5H2,(H,19,20). The van der Waals surface area contributed by atoms with Crippen molar-refractivity contribution in [3.8, 4) is 0 Å². The molecule has 1 aromatic heterocycles. The Hall–Kier alpha value is -1.88. The Balaban J connectivity index is 1.75. The van der Waals surface area contributed by atoms with Crippen molar-refractivity contribution in [1.82, 2.24) is 10.3 Å². The molecule has 1 aliphatic carbocycles.